The van der Waals surface area contributed by atoms with Crippen LogP contribution >= 0.6 is 96.0 Å². The third-order valence-electron chi connectivity index (χ3n) is 14.5. The maximum absolute atomic E-state index is 12.7. The number of aliphatic imine (C=N–C) groups is 1. The van der Waals surface area contributed by atoms with Crippen molar-refractivity contribution < 1.29 is 131 Å². The van der Waals surface area contributed by atoms with E-state index in [0.29, 0.717) is 126 Å². The van der Waals surface area contributed by atoms with Crippen molar-refractivity contribution in [1.82, 2.24) is 15.5 Å². The van der Waals surface area contributed by atoms with Crippen LogP contribution in [0.3, 0.4) is 0 Å². The molecule has 3 aliphatic heterocycles. The predicted octanol–water partition coefficient (Wildman–Crippen LogP) is 11.4. The van der Waals surface area contributed by atoms with Crippen LogP contribution in [0, 0.1) is 23.7 Å². The standard InChI is InChI=1S/C19H27NO3.C11H15NO3.C11H13NO2.C11H24NO.C9H11NO3.C8H11NO2.C3H6O2.Cl5P.ClH.2HI/c1-12(2)7-14-11-20-6-5-13-8-18(22-3)19(23-4)9-15(13)16(20)10-17(14)21;1-14-10-4-3-9(5-6-12-8-13)7-11(10)15-2;1-13-10-5-8-3-4-12-7-9(8)6-11(10)14-2;1-9(2)7-11(10(3)13)8-12(4,5)6;11-6-10-4-3-7-1-2-8(12)9(13)5-7;9-4-3-6-1-2-7(10)8(11)5-6;1-2-5-3-4;1-6(2,3,4)5;;;/h8-9,12,14,16H,5-7,10-11H2,1-4H3;3-4,7-8H,5-6H2,1-2H3,(H,12,13);5-7H,3-4H2,1-2H3;9,11H,7-8H2,1-6H3;1-2,5-6,12-13H,3-4H2,(H,10,11);1-2,5,10-11H,3-4,9H2;3H,2H2,1H3;;3*1H/q;;;+1;;;;;;;/p-1/i3D3,4D3;2*1D3,2D3;;;;;;;;. The molecule has 8 rings (SSSR count). The number of nitrogens with zero attached hydrogens (tertiary/aromatic N) is 3. The molecule has 22 nitrogen and oxygen atoms in total. The van der Waals surface area contributed by atoms with Crippen LogP contribution in [0.15, 0.2) is 83.9 Å². The number of methoxy groups -OCH3 is 6. The van der Waals surface area contributed by atoms with Gasteiger partial charge in [0.25, 0.3) is 6.47 Å². The minimum atomic E-state index is -3.69. The number of nitrogens with two attached hydrogens (primary N) is 1. The van der Waals surface area contributed by atoms with Crippen molar-refractivity contribution in [3.8, 4) is 57.5 Å². The minimum Gasteiger partial charge on any atom is -1.00 e. The van der Waals surface area contributed by atoms with Crippen LogP contribution in [-0.4, -0.2) is 183 Å². The van der Waals surface area contributed by atoms with Gasteiger partial charge in [-0.15, -0.1) is 36.4 Å². The number of fused-ring (bicyclic) bond motifs is 4. The third-order valence-corrected chi connectivity index (χ3v) is 14.5. The average molecular weight is 1830 g/mol. The smallest absolute Gasteiger partial charge is 0.207 e. The van der Waals surface area contributed by atoms with E-state index in [9.17, 15) is 24.0 Å². The fraction of sp³-hybridized carbons (Fsp3) is 0.500. The minimum absolute atomic E-state index is 0. The van der Waals surface area contributed by atoms with Crippen molar-refractivity contribution in [3.63, 3.8) is 0 Å². The Morgan fingerprint density at radius 2 is 1.16 bits per heavy atom. The first-order chi connectivity index (χ1) is 53.9. The molecule has 3 unspecified atom stereocenters. The van der Waals surface area contributed by atoms with E-state index < -0.39 is 45.6 Å². The van der Waals surface area contributed by atoms with Crippen molar-refractivity contribution in [3.05, 3.63) is 118 Å². The Morgan fingerprint density at radius 3 is 1.59 bits per heavy atom. The number of rotatable bonds is 25. The number of aromatic hydroxyl groups is 4. The fourth-order valence-corrected chi connectivity index (χ4v) is 10.1. The Labute approximate surface area is 699 Å². The molecule has 3 aliphatic rings. The monoisotopic (exact) mass is 1830 g/mol. The van der Waals surface area contributed by atoms with Crippen molar-refractivity contribution in [2.45, 2.75) is 99.0 Å². The van der Waals surface area contributed by atoms with E-state index in [2.05, 4.69) is 74.1 Å². The van der Waals surface area contributed by atoms with E-state index in [-0.39, 0.29) is 142 Å². The molecule has 2 amide bonds. The zero-order valence-electron chi connectivity index (χ0n) is 76.7. The summed E-state index contributed by atoms with van der Waals surface area (Å²) < 4.78 is 160. The summed E-state index contributed by atoms with van der Waals surface area (Å²) in [6.07, 6.45) is 8.09. The molecule has 0 bridgehead atoms. The molecule has 0 radical (unpaired) electrons. The van der Waals surface area contributed by atoms with Crippen LogP contribution in [-0.2, 0) is 60.8 Å². The van der Waals surface area contributed by atoms with Crippen molar-refractivity contribution in [2.75, 3.05) is 116 Å². The number of phenols is 4. The molecule has 3 atom stereocenters. The van der Waals surface area contributed by atoms with Gasteiger partial charge in [-0.3, -0.25) is 33.9 Å². The molecule has 103 heavy (non-hydrogen) atoms. The maximum atomic E-state index is 12.7. The number of carbonyl (C=O) groups excluding carboxylic acids is 5. The number of amides is 2. The van der Waals surface area contributed by atoms with Gasteiger partial charge in [0.2, 0.25) is 12.8 Å². The van der Waals surface area contributed by atoms with Gasteiger partial charge in [-0.05, 0) is 177 Å². The SMILES string of the molecule is CC(=O)C(CC(C)C)C[N+](C)(C)C.CCOC=O.Cl.ClP(Cl)(Cl)(Cl)Cl.I.NCCc1ccc(O)c(O)c1.O=CNCCc1ccc(O)c(O)c1.[2H]C([2H])([2H])Oc1cc2c(cc1OC([2H])([2H])[2H])C1CC(=O)C(CC(C)C)CN1CC2.[2H]C([2H])([2H])Oc1cc2c(cc1OC([2H])([2H])[2H])CCN=C2.[2H]C([2H])([2H])Oc1ccc(CCNC=O)cc1OC([2H])([2H])[2H].[I-]. The van der Waals surface area contributed by atoms with Crippen LogP contribution < -0.4 is 68.8 Å². The zero-order valence-corrected chi connectivity index (χ0v) is 68.6. The van der Waals surface area contributed by atoms with Crippen LogP contribution in [0.4, 0.5) is 0 Å². The summed E-state index contributed by atoms with van der Waals surface area (Å²) in [4.78, 5) is 59.7. The van der Waals surface area contributed by atoms with Gasteiger partial charge >= 0.3 is 59.6 Å². The largest absolute Gasteiger partial charge is 1.00 e. The van der Waals surface area contributed by atoms with E-state index in [0.717, 1.165) is 58.2 Å². The van der Waals surface area contributed by atoms with Gasteiger partial charge < -0.3 is 98.4 Å². The van der Waals surface area contributed by atoms with E-state index in [1.165, 1.54) is 54.6 Å². The molecular weight excluding hydrogens is 1700 g/mol. The summed E-state index contributed by atoms with van der Waals surface area (Å²) in [5, 5.41) is 41.0. The number of Topliss-reactive ketones (excluding diaryl/α,β-unsaturated/α-hetero) is 2. The van der Waals surface area contributed by atoms with Gasteiger partial charge in [0, 0.05) is 57.3 Å². The normalized spacial score (nSPS) is 17.5. The fourth-order valence-electron chi connectivity index (χ4n) is 10.1. The Balaban J connectivity index is -0.00000137. The van der Waals surface area contributed by atoms with Gasteiger partial charge in [0.05, 0.1) is 107 Å². The van der Waals surface area contributed by atoms with Gasteiger partial charge in [0.1, 0.15) is 11.6 Å². The average Bonchev–Trinajstić information content (AvgIpc) is 0.761. The first-order valence-corrected chi connectivity index (χ1v) is 38.1. The summed E-state index contributed by atoms with van der Waals surface area (Å²) in [5.41, 5.74) is 11.0. The summed E-state index contributed by atoms with van der Waals surface area (Å²) >= 11 is 24.9. The number of quaternary nitrogens is 1. The number of halogens is 8. The second-order valence-corrected chi connectivity index (χ2v) is 41.0. The molecule has 1 fully saturated rings. The molecule has 0 aromatic heterocycles. The molecular formula is C72H109Cl6I2N6O16P. The molecule has 31 heteroatoms. The molecule has 8 N–H and O–H groups in total. The number of piperidine rings is 1. The van der Waals surface area contributed by atoms with Crippen LogP contribution in [0.2, 0.25) is 0 Å². The van der Waals surface area contributed by atoms with Gasteiger partial charge in [-0.1, -0.05) is 45.9 Å². The predicted molar refractivity (Wildman–Crippen MR) is 426 cm³/mol. The molecule has 3 heterocycles. The van der Waals surface area contributed by atoms with Crippen molar-refractivity contribution in [1.29, 1.82) is 0 Å². The van der Waals surface area contributed by atoms with Crippen LogP contribution in [0.25, 0.3) is 0 Å². The molecule has 0 spiro atoms. The number of phenolic OH excluding ortho intramolecular Hbond substituents is 4. The Hall–Kier alpha value is -4.97. The van der Waals surface area contributed by atoms with Crippen LogP contribution in [0.1, 0.15) is 130 Å². The molecule has 0 aliphatic carbocycles. The first kappa shape index (κ1) is 72.2. The molecule has 1 saturated heterocycles. The summed E-state index contributed by atoms with van der Waals surface area (Å²) in [7, 11) is -9.88. The van der Waals surface area contributed by atoms with Crippen molar-refractivity contribution in [2.24, 2.45) is 34.4 Å². The summed E-state index contributed by atoms with van der Waals surface area (Å²) in [5.74, 6) is 0.553. The molecule has 5 aromatic carbocycles. The van der Waals surface area contributed by atoms with Crippen molar-refractivity contribution >= 4 is 133 Å². The van der Waals surface area contributed by atoms with Gasteiger partial charge in [-0.25, -0.2) is 0 Å². The zero-order chi connectivity index (χ0) is 90.8. The van der Waals surface area contributed by atoms with E-state index in [1.807, 2.05) is 0 Å². The van der Waals surface area contributed by atoms with Crippen LogP contribution in [0.5, 0.6) is 57.5 Å². The third kappa shape index (κ3) is 43.4. The Morgan fingerprint density at radius 1 is 0.689 bits per heavy atom. The Kier molecular flexibility index (Phi) is 37.7. The molecule has 5 aromatic rings. The number of ketones is 2. The van der Waals surface area contributed by atoms with E-state index in [4.69, 9.17) is 135 Å². The number of ether oxygens (including phenoxy) is 7. The number of nitrogens with one attached hydrogen (secondary N) is 2. The quantitative estimate of drug-likeness (QED) is 0.00713. The second-order valence-electron chi connectivity index (χ2n) is 24.4. The summed E-state index contributed by atoms with van der Waals surface area (Å²) in [6, 6.07) is 19.4. The van der Waals surface area contributed by atoms with E-state index in [1.54, 1.807) is 44.3 Å². The second kappa shape index (κ2) is 53.7. The Bertz CT molecular complexity index is 4000. The number of benzene rings is 5. The first-order valence-electron chi connectivity index (χ1n) is 40.3. The van der Waals surface area contributed by atoms with Gasteiger partial charge in [-0.2, -0.15) is 0 Å². The topological polar surface area (TPSA) is 297 Å². The molecule has 584 valence electrons. The number of hydrogen-bond acceptors (Lipinski definition) is 19. The van der Waals surface area contributed by atoms with E-state index >= 15 is 0 Å². The van der Waals surface area contributed by atoms with Gasteiger partial charge in [0.15, 0.2) is 57.5 Å². The summed E-state index contributed by atoms with van der Waals surface area (Å²) in [6.45, 7) is 17.3. The maximum Gasteiger partial charge on any atom is 0.207 e. The number of carbonyl (C=O) groups is 5. The molecule has 0 saturated carbocycles. The number of hydrogen-bond donors (Lipinski definition) is 7.